The molecule has 0 heterocycles. The summed E-state index contributed by atoms with van der Waals surface area (Å²) in [7, 11) is 0. The quantitative estimate of drug-likeness (QED) is 0.266. The fourth-order valence-corrected chi connectivity index (χ4v) is 4.82. The van der Waals surface area contributed by atoms with Gasteiger partial charge in [-0.1, -0.05) is 72.8 Å². The van der Waals surface area contributed by atoms with Crippen molar-refractivity contribution in [3.05, 3.63) is 141 Å². The molecule has 0 atom stereocenters. The minimum atomic E-state index is -1.16. The summed E-state index contributed by atoms with van der Waals surface area (Å²) in [6.45, 7) is 0. The zero-order chi connectivity index (χ0) is 25.8. The lowest BCUT2D eigenvalue weighted by Crippen LogP contribution is -2.27. The molecule has 0 unspecified atom stereocenters. The molecule has 0 saturated carbocycles. The van der Waals surface area contributed by atoms with Gasteiger partial charge >= 0.3 is 11.9 Å². The average Bonchev–Trinajstić information content (AvgIpc) is 2.93. The summed E-state index contributed by atoms with van der Waals surface area (Å²) in [4.78, 5) is 78.5. The fraction of sp³-hybridized carbons (Fsp3) is 0. The van der Waals surface area contributed by atoms with Crippen molar-refractivity contribution in [3.63, 3.8) is 0 Å². The van der Waals surface area contributed by atoms with Crippen molar-refractivity contribution in [2.75, 3.05) is 0 Å². The maximum atomic E-state index is 13.2. The van der Waals surface area contributed by atoms with Crippen LogP contribution in [0.2, 0.25) is 0 Å². The smallest absolute Gasteiger partial charge is 0.346 e. The molecule has 0 aromatic heterocycles. The van der Waals surface area contributed by atoms with Gasteiger partial charge in [0.1, 0.15) is 0 Å². The summed E-state index contributed by atoms with van der Waals surface area (Å²) in [5.74, 6) is -4.25. The second-order valence-corrected chi connectivity index (χ2v) is 8.54. The molecule has 0 radical (unpaired) electrons. The van der Waals surface area contributed by atoms with Crippen LogP contribution in [0.15, 0.2) is 84.9 Å². The first-order valence-corrected chi connectivity index (χ1v) is 11.3. The Morgan fingerprint density at radius 2 is 0.730 bits per heavy atom. The number of carbonyl (C=O) groups is 6. The number of benzene rings is 4. The molecule has 176 valence electrons. The molecule has 7 heteroatoms. The highest BCUT2D eigenvalue weighted by Crippen LogP contribution is 2.32. The number of esters is 2. The summed E-state index contributed by atoms with van der Waals surface area (Å²) < 4.78 is 5.09. The largest absolute Gasteiger partial charge is 0.386 e. The number of rotatable bonds is 2. The molecule has 0 fully saturated rings. The molecule has 6 rings (SSSR count). The van der Waals surface area contributed by atoms with Crippen LogP contribution in [0.5, 0.6) is 0 Å². The van der Waals surface area contributed by atoms with Crippen molar-refractivity contribution in [1.29, 1.82) is 0 Å². The first-order chi connectivity index (χ1) is 17.9. The molecule has 0 spiro atoms. The molecule has 7 nitrogen and oxygen atoms in total. The van der Waals surface area contributed by atoms with Crippen molar-refractivity contribution < 1.29 is 33.5 Å². The van der Waals surface area contributed by atoms with Crippen LogP contribution in [0.1, 0.15) is 84.4 Å². The van der Waals surface area contributed by atoms with Crippen LogP contribution in [0.3, 0.4) is 0 Å². The summed E-state index contributed by atoms with van der Waals surface area (Å²) in [5, 5.41) is 0. The minimum Gasteiger partial charge on any atom is -0.386 e. The molecular weight excluding hydrogens is 472 g/mol. The predicted octanol–water partition coefficient (Wildman–Crippen LogP) is 4.23. The van der Waals surface area contributed by atoms with Gasteiger partial charge in [-0.25, -0.2) is 9.59 Å². The Morgan fingerprint density at radius 3 is 1.11 bits per heavy atom. The monoisotopic (exact) mass is 486 g/mol. The van der Waals surface area contributed by atoms with Crippen LogP contribution in [-0.2, 0) is 4.74 Å². The van der Waals surface area contributed by atoms with Crippen LogP contribution in [0, 0.1) is 0 Å². The van der Waals surface area contributed by atoms with Crippen LogP contribution in [0.4, 0.5) is 0 Å². The SMILES string of the molecule is O=C(OC(=O)c1cccc2c1C(=O)c1ccccc1C2=O)c1cccc2c1C(=O)c1ccccc1C2=O. The topological polar surface area (TPSA) is 112 Å². The van der Waals surface area contributed by atoms with Gasteiger partial charge in [-0.3, -0.25) is 19.2 Å². The number of carbonyl (C=O) groups excluding carboxylic acids is 6. The molecule has 4 aromatic carbocycles. The Labute approximate surface area is 209 Å². The highest BCUT2D eigenvalue weighted by atomic mass is 16.6. The van der Waals surface area contributed by atoms with Crippen LogP contribution in [-0.4, -0.2) is 35.1 Å². The predicted molar refractivity (Wildman–Crippen MR) is 129 cm³/mol. The second kappa shape index (κ2) is 8.13. The van der Waals surface area contributed by atoms with E-state index in [9.17, 15) is 28.8 Å². The van der Waals surface area contributed by atoms with Gasteiger partial charge in [0.25, 0.3) is 0 Å². The molecule has 0 N–H and O–H groups in total. The first-order valence-electron chi connectivity index (χ1n) is 11.3. The van der Waals surface area contributed by atoms with E-state index in [1.54, 1.807) is 24.3 Å². The van der Waals surface area contributed by atoms with E-state index in [0.717, 1.165) is 0 Å². The highest BCUT2D eigenvalue weighted by Gasteiger charge is 2.36. The van der Waals surface area contributed by atoms with Gasteiger partial charge in [0.2, 0.25) is 0 Å². The van der Waals surface area contributed by atoms with E-state index in [1.807, 2.05) is 0 Å². The molecule has 0 amide bonds. The highest BCUT2D eigenvalue weighted by molar-refractivity contribution is 6.32. The zero-order valence-electron chi connectivity index (χ0n) is 18.9. The standard InChI is InChI=1S/C30H14O7/c31-25-15-7-1-3-9-17(15)27(33)23-19(25)11-5-13-21(23)29(35)37-30(36)22-14-6-12-20-24(22)28(34)18-10-4-2-8-16(18)26(20)32/h1-14H. The number of hydrogen-bond acceptors (Lipinski definition) is 7. The van der Waals surface area contributed by atoms with E-state index < -0.39 is 35.1 Å². The van der Waals surface area contributed by atoms with E-state index in [4.69, 9.17) is 4.74 Å². The lowest BCUT2D eigenvalue weighted by molar-refractivity contribution is 0.0394. The Bertz CT molecular complexity index is 1630. The van der Waals surface area contributed by atoms with Crippen LogP contribution >= 0.6 is 0 Å². The van der Waals surface area contributed by atoms with Gasteiger partial charge < -0.3 is 4.74 Å². The van der Waals surface area contributed by atoms with E-state index in [1.165, 1.54) is 60.7 Å². The average molecular weight is 486 g/mol. The lowest BCUT2D eigenvalue weighted by atomic mass is 9.81. The van der Waals surface area contributed by atoms with Gasteiger partial charge in [-0.05, 0) is 12.1 Å². The van der Waals surface area contributed by atoms with Gasteiger partial charge in [-0.15, -0.1) is 0 Å². The van der Waals surface area contributed by atoms with Crippen molar-refractivity contribution in [1.82, 2.24) is 0 Å². The van der Waals surface area contributed by atoms with E-state index in [2.05, 4.69) is 0 Å². The molecular formula is C30H14O7. The summed E-state index contributed by atoms with van der Waals surface area (Å²) in [6.07, 6.45) is 0. The van der Waals surface area contributed by atoms with E-state index >= 15 is 0 Å². The fourth-order valence-electron chi connectivity index (χ4n) is 4.82. The Hall–Kier alpha value is -5.30. The van der Waals surface area contributed by atoms with E-state index in [-0.39, 0.29) is 55.6 Å². The molecule has 0 saturated heterocycles. The number of ketones is 4. The van der Waals surface area contributed by atoms with Crippen molar-refractivity contribution in [2.24, 2.45) is 0 Å². The first kappa shape index (κ1) is 22.2. The number of ether oxygens (including phenoxy) is 1. The number of fused-ring (bicyclic) bond motifs is 4. The summed E-state index contributed by atoms with van der Waals surface area (Å²) in [6, 6.07) is 20.8. The Kier molecular flexibility index (Phi) is 4.88. The zero-order valence-corrected chi connectivity index (χ0v) is 18.9. The van der Waals surface area contributed by atoms with Gasteiger partial charge in [0.05, 0.1) is 11.1 Å². The lowest BCUT2D eigenvalue weighted by Gasteiger charge is -2.20. The third kappa shape index (κ3) is 3.21. The molecule has 4 aromatic rings. The molecule has 0 aliphatic heterocycles. The van der Waals surface area contributed by atoms with Crippen molar-refractivity contribution in [3.8, 4) is 0 Å². The number of hydrogen-bond donors (Lipinski definition) is 0. The Morgan fingerprint density at radius 1 is 0.405 bits per heavy atom. The van der Waals surface area contributed by atoms with Crippen LogP contribution < -0.4 is 0 Å². The van der Waals surface area contributed by atoms with Gasteiger partial charge in [0, 0.05) is 44.5 Å². The maximum Gasteiger partial charge on any atom is 0.346 e. The maximum absolute atomic E-state index is 13.2. The third-order valence-corrected chi connectivity index (χ3v) is 6.53. The second-order valence-electron chi connectivity index (χ2n) is 8.54. The van der Waals surface area contributed by atoms with Gasteiger partial charge in [0.15, 0.2) is 23.1 Å². The normalized spacial score (nSPS) is 13.3. The Balaban J connectivity index is 1.38. The summed E-state index contributed by atoms with van der Waals surface area (Å²) in [5.41, 5.74) is -0.0221. The van der Waals surface area contributed by atoms with Gasteiger partial charge in [-0.2, -0.15) is 0 Å². The van der Waals surface area contributed by atoms with E-state index in [0.29, 0.717) is 0 Å². The summed E-state index contributed by atoms with van der Waals surface area (Å²) >= 11 is 0. The van der Waals surface area contributed by atoms with Crippen LogP contribution in [0.25, 0.3) is 0 Å². The minimum absolute atomic E-state index is 0.0278. The molecule has 2 aliphatic carbocycles. The molecule has 2 aliphatic rings. The van der Waals surface area contributed by atoms with Crippen molar-refractivity contribution in [2.45, 2.75) is 0 Å². The van der Waals surface area contributed by atoms with Crippen molar-refractivity contribution >= 4 is 35.1 Å². The molecule has 37 heavy (non-hydrogen) atoms. The molecule has 0 bridgehead atoms. The third-order valence-electron chi connectivity index (χ3n) is 6.53.